The third kappa shape index (κ3) is 6.63. The Labute approximate surface area is 188 Å². The van der Waals surface area contributed by atoms with Crippen LogP contribution >= 0.6 is 0 Å². The Morgan fingerprint density at radius 2 is 1.38 bits per heavy atom. The molecule has 0 aliphatic carbocycles. The number of amides is 3. The lowest BCUT2D eigenvalue weighted by molar-refractivity contribution is -0.117. The minimum Gasteiger partial charge on any atom is -0.339 e. The number of carbonyl (C=O) groups is 3. The minimum absolute atomic E-state index is 0.0366. The lowest BCUT2D eigenvalue weighted by atomic mass is 10.1. The molecule has 0 spiro atoms. The summed E-state index contributed by atoms with van der Waals surface area (Å²) in [6.45, 7) is 7.77. The number of nitrogens with one attached hydrogen (secondary N) is 3. The van der Waals surface area contributed by atoms with E-state index >= 15 is 0 Å². The highest BCUT2D eigenvalue weighted by Gasteiger charge is 2.22. The van der Waals surface area contributed by atoms with Gasteiger partial charge in [0.25, 0.3) is 5.91 Å². The molecule has 0 unspecified atom stereocenters. The SMILES string of the molecule is CCN(CC)C(=O)c1ccc(NC(=O)[C@H](C)NS(=O)(=O)c2ccc(NC(C)=O)cc2)cc1. The van der Waals surface area contributed by atoms with Gasteiger partial charge in [-0.05, 0) is 69.3 Å². The molecule has 0 heterocycles. The van der Waals surface area contributed by atoms with Crippen molar-refractivity contribution in [2.24, 2.45) is 0 Å². The molecule has 0 aliphatic rings. The molecule has 172 valence electrons. The molecule has 0 radical (unpaired) electrons. The van der Waals surface area contributed by atoms with Crippen LogP contribution in [0.25, 0.3) is 0 Å². The van der Waals surface area contributed by atoms with E-state index in [-0.39, 0.29) is 16.7 Å². The molecule has 3 N–H and O–H groups in total. The predicted octanol–water partition coefficient (Wildman–Crippen LogP) is 2.43. The summed E-state index contributed by atoms with van der Waals surface area (Å²) in [5, 5.41) is 5.18. The van der Waals surface area contributed by atoms with Gasteiger partial charge in [-0.15, -0.1) is 0 Å². The molecule has 9 nitrogen and oxygen atoms in total. The molecule has 0 aromatic heterocycles. The maximum atomic E-state index is 12.6. The maximum Gasteiger partial charge on any atom is 0.253 e. The monoisotopic (exact) mass is 460 g/mol. The van der Waals surface area contributed by atoms with Gasteiger partial charge in [-0.3, -0.25) is 14.4 Å². The van der Waals surface area contributed by atoms with E-state index in [9.17, 15) is 22.8 Å². The molecule has 0 saturated carbocycles. The van der Waals surface area contributed by atoms with Gasteiger partial charge in [-0.25, -0.2) is 8.42 Å². The highest BCUT2D eigenvalue weighted by atomic mass is 32.2. The molecular formula is C22H28N4O5S. The van der Waals surface area contributed by atoms with Crippen molar-refractivity contribution in [3.63, 3.8) is 0 Å². The molecule has 0 fully saturated rings. The maximum absolute atomic E-state index is 12.6. The quantitative estimate of drug-likeness (QED) is 0.530. The van der Waals surface area contributed by atoms with Crippen molar-refractivity contribution in [3.8, 4) is 0 Å². The lowest BCUT2D eigenvalue weighted by Gasteiger charge is -2.19. The second-order valence-corrected chi connectivity index (χ2v) is 8.81. The normalized spacial score (nSPS) is 12.0. The number of hydrogen-bond acceptors (Lipinski definition) is 5. The first kappa shape index (κ1) is 25.0. The largest absolute Gasteiger partial charge is 0.339 e. The Morgan fingerprint density at radius 1 is 0.875 bits per heavy atom. The summed E-state index contributed by atoms with van der Waals surface area (Å²) in [4.78, 5) is 37.5. The van der Waals surface area contributed by atoms with Crippen LogP contribution in [0.2, 0.25) is 0 Å². The summed E-state index contributed by atoms with van der Waals surface area (Å²) in [5.74, 6) is -0.917. The van der Waals surface area contributed by atoms with E-state index < -0.39 is 22.0 Å². The first-order valence-corrected chi connectivity index (χ1v) is 11.7. The molecule has 0 saturated heterocycles. The summed E-state index contributed by atoms with van der Waals surface area (Å²) in [6, 6.07) is 11.0. The van der Waals surface area contributed by atoms with Crippen molar-refractivity contribution in [1.29, 1.82) is 0 Å². The van der Waals surface area contributed by atoms with Crippen LogP contribution in [0.1, 0.15) is 38.1 Å². The Kier molecular flexibility index (Phi) is 8.50. The average molecular weight is 461 g/mol. The zero-order chi connectivity index (χ0) is 23.9. The van der Waals surface area contributed by atoms with E-state index in [4.69, 9.17) is 0 Å². The van der Waals surface area contributed by atoms with Gasteiger partial charge in [0.1, 0.15) is 0 Å². The lowest BCUT2D eigenvalue weighted by Crippen LogP contribution is -2.41. The zero-order valence-electron chi connectivity index (χ0n) is 18.5. The summed E-state index contributed by atoms with van der Waals surface area (Å²) < 4.78 is 27.4. The molecule has 10 heteroatoms. The molecule has 0 bridgehead atoms. The molecule has 2 rings (SSSR count). The molecule has 3 amide bonds. The van der Waals surface area contributed by atoms with Gasteiger partial charge in [0, 0.05) is 37.0 Å². The van der Waals surface area contributed by atoms with Gasteiger partial charge in [0.15, 0.2) is 0 Å². The van der Waals surface area contributed by atoms with Crippen LogP contribution in [-0.4, -0.2) is 50.2 Å². The zero-order valence-corrected chi connectivity index (χ0v) is 19.3. The summed E-state index contributed by atoms with van der Waals surface area (Å²) >= 11 is 0. The number of carbonyl (C=O) groups excluding carboxylic acids is 3. The Hall–Kier alpha value is -3.24. The van der Waals surface area contributed by atoms with Gasteiger partial charge in [0.05, 0.1) is 10.9 Å². The fourth-order valence-electron chi connectivity index (χ4n) is 2.92. The van der Waals surface area contributed by atoms with Crippen LogP contribution in [0.15, 0.2) is 53.4 Å². The van der Waals surface area contributed by atoms with Crippen molar-refractivity contribution in [2.45, 2.75) is 38.6 Å². The first-order valence-electron chi connectivity index (χ1n) is 10.2. The van der Waals surface area contributed by atoms with Gasteiger partial charge in [-0.1, -0.05) is 0 Å². The number of hydrogen-bond donors (Lipinski definition) is 3. The van der Waals surface area contributed by atoms with Crippen molar-refractivity contribution >= 4 is 39.1 Å². The topological polar surface area (TPSA) is 125 Å². The first-order chi connectivity index (χ1) is 15.1. The van der Waals surface area contributed by atoms with Gasteiger partial charge in [-0.2, -0.15) is 4.72 Å². The van der Waals surface area contributed by atoms with Gasteiger partial charge < -0.3 is 15.5 Å². The van der Waals surface area contributed by atoms with E-state index in [1.807, 2.05) is 13.8 Å². The molecule has 1 atom stereocenters. The molecule has 2 aromatic carbocycles. The van der Waals surface area contributed by atoms with E-state index in [1.165, 1.54) is 38.1 Å². The smallest absolute Gasteiger partial charge is 0.253 e. The molecule has 32 heavy (non-hydrogen) atoms. The summed E-state index contributed by atoms with van der Waals surface area (Å²) in [5.41, 5.74) is 1.41. The van der Waals surface area contributed by atoms with Gasteiger partial charge in [0.2, 0.25) is 21.8 Å². The Balaban J connectivity index is 2.01. The van der Waals surface area contributed by atoms with Crippen LogP contribution in [-0.2, 0) is 19.6 Å². The Bertz CT molecular complexity index is 1060. The van der Waals surface area contributed by atoms with E-state index in [2.05, 4.69) is 15.4 Å². The molecular weight excluding hydrogens is 432 g/mol. The highest BCUT2D eigenvalue weighted by molar-refractivity contribution is 7.89. The van der Waals surface area contributed by atoms with Gasteiger partial charge >= 0.3 is 0 Å². The van der Waals surface area contributed by atoms with Crippen LogP contribution in [0.4, 0.5) is 11.4 Å². The predicted molar refractivity (Wildman–Crippen MR) is 123 cm³/mol. The van der Waals surface area contributed by atoms with Crippen LogP contribution in [0.5, 0.6) is 0 Å². The Morgan fingerprint density at radius 3 is 1.88 bits per heavy atom. The number of sulfonamides is 1. The fraction of sp³-hybridized carbons (Fsp3) is 0.318. The van der Waals surface area contributed by atoms with Crippen molar-refractivity contribution in [3.05, 3.63) is 54.1 Å². The minimum atomic E-state index is -3.95. The third-order valence-electron chi connectivity index (χ3n) is 4.66. The van der Waals surface area contributed by atoms with Crippen LogP contribution in [0.3, 0.4) is 0 Å². The summed E-state index contributed by atoms with van der Waals surface area (Å²) in [7, 11) is -3.95. The third-order valence-corrected chi connectivity index (χ3v) is 6.22. The number of nitrogens with zero attached hydrogens (tertiary/aromatic N) is 1. The summed E-state index contributed by atoms with van der Waals surface area (Å²) in [6.07, 6.45) is 0. The molecule has 0 aliphatic heterocycles. The highest BCUT2D eigenvalue weighted by Crippen LogP contribution is 2.15. The van der Waals surface area contributed by atoms with Crippen molar-refractivity contribution in [1.82, 2.24) is 9.62 Å². The van der Waals surface area contributed by atoms with E-state index in [0.717, 1.165) is 0 Å². The van der Waals surface area contributed by atoms with Crippen LogP contribution < -0.4 is 15.4 Å². The van der Waals surface area contributed by atoms with E-state index in [0.29, 0.717) is 30.0 Å². The van der Waals surface area contributed by atoms with Crippen LogP contribution in [0, 0.1) is 0 Å². The second-order valence-electron chi connectivity index (χ2n) is 7.09. The number of benzene rings is 2. The van der Waals surface area contributed by atoms with Crippen molar-refractivity contribution in [2.75, 3.05) is 23.7 Å². The second kappa shape index (κ2) is 10.9. The van der Waals surface area contributed by atoms with Crippen molar-refractivity contribution < 1.29 is 22.8 Å². The number of rotatable bonds is 9. The fourth-order valence-corrected chi connectivity index (χ4v) is 4.12. The standard InChI is InChI=1S/C22H28N4O5S/c1-5-26(6-2)22(29)17-7-9-19(10-8-17)24-21(28)15(3)25-32(30,31)20-13-11-18(12-14-20)23-16(4)27/h7-15,25H,5-6H2,1-4H3,(H,23,27)(H,24,28)/t15-/m0/s1. The van der Waals surface area contributed by atoms with E-state index in [1.54, 1.807) is 29.2 Å². The molecule has 2 aromatic rings. The number of anilines is 2. The average Bonchev–Trinajstić information content (AvgIpc) is 2.74.